The summed E-state index contributed by atoms with van der Waals surface area (Å²) in [5.74, 6) is -0.743. The molecule has 3 aromatic carbocycles. The van der Waals surface area contributed by atoms with Gasteiger partial charge >= 0.3 is 12.1 Å². The van der Waals surface area contributed by atoms with Crippen LogP contribution in [0.2, 0.25) is 0 Å². The number of carbonyl (C=O) groups excluding carboxylic acids is 3. The second-order valence-corrected chi connectivity index (χ2v) is 10.3. The molecule has 0 saturated heterocycles. The fourth-order valence-corrected chi connectivity index (χ4v) is 5.39. The van der Waals surface area contributed by atoms with Crippen molar-refractivity contribution in [3.63, 3.8) is 0 Å². The van der Waals surface area contributed by atoms with Crippen LogP contribution in [0.1, 0.15) is 59.1 Å². The molecule has 0 aliphatic rings. The second kappa shape index (κ2) is 14.2. The maximum absolute atomic E-state index is 13.1. The third kappa shape index (κ3) is 7.66. The van der Waals surface area contributed by atoms with Crippen molar-refractivity contribution in [2.45, 2.75) is 51.9 Å². The molecule has 0 aliphatic heterocycles. The van der Waals surface area contributed by atoms with Crippen LogP contribution in [0.25, 0.3) is 10.2 Å². The first kappa shape index (κ1) is 28.8. The number of alkyl carbamates (subject to hydrolysis) is 1. The highest BCUT2D eigenvalue weighted by atomic mass is 32.1. The molecular formula is C31H33N3O5S. The Morgan fingerprint density at radius 3 is 2.08 bits per heavy atom. The van der Waals surface area contributed by atoms with Crippen molar-refractivity contribution in [2.24, 2.45) is 0 Å². The van der Waals surface area contributed by atoms with E-state index in [1.807, 2.05) is 72.8 Å². The number of rotatable bonds is 12. The first-order valence-corrected chi connectivity index (χ1v) is 14.2. The van der Waals surface area contributed by atoms with Gasteiger partial charge in [-0.2, -0.15) is 0 Å². The number of hydrogen-bond acceptors (Lipinski definition) is 7. The molecule has 208 valence electrons. The van der Waals surface area contributed by atoms with Crippen LogP contribution in [0.15, 0.2) is 78.9 Å². The highest BCUT2D eigenvalue weighted by molar-refractivity contribution is 7.20. The van der Waals surface area contributed by atoms with E-state index in [9.17, 15) is 14.4 Å². The van der Waals surface area contributed by atoms with Crippen molar-refractivity contribution in [1.29, 1.82) is 0 Å². The lowest BCUT2D eigenvalue weighted by molar-refractivity contribution is -0.147. The molecule has 1 heterocycles. The smallest absolute Gasteiger partial charge is 0.408 e. The van der Waals surface area contributed by atoms with Gasteiger partial charge in [0.15, 0.2) is 5.01 Å². The molecule has 0 saturated carbocycles. The van der Waals surface area contributed by atoms with Gasteiger partial charge in [0.1, 0.15) is 19.3 Å². The molecule has 4 aromatic rings. The minimum Gasteiger partial charge on any atom is -0.459 e. The summed E-state index contributed by atoms with van der Waals surface area (Å²) in [6.45, 7) is 4.17. The summed E-state index contributed by atoms with van der Waals surface area (Å²) in [4.78, 5) is 43.1. The van der Waals surface area contributed by atoms with Gasteiger partial charge in [-0.05, 0) is 41.5 Å². The third-order valence-electron chi connectivity index (χ3n) is 6.55. The maximum Gasteiger partial charge on any atom is 0.408 e. The van der Waals surface area contributed by atoms with Crippen LogP contribution < -0.4 is 10.6 Å². The van der Waals surface area contributed by atoms with E-state index >= 15 is 0 Å². The number of carbonyl (C=O) groups is 3. The number of amides is 2. The highest BCUT2D eigenvalue weighted by Gasteiger charge is 2.25. The van der Waals surface area contributed by atoms with Gasteiger partial charge in [0, 0.05) is 6.54 Å². The molecule has 0 aliphatic carbocycles. The van der Waals surface area contributed by atoms with E-state index in [1.54, 1.807) is 0 Å². The van der Waals surface area contributed by atoms with Gasteiger partial charge in [0.25, 0.3) is 5.91 Å². The predicted molar refractivity (Wildman–Crippen MR) is 155 cm³/mol. The largest absolute Gasteiger partial charge is 0.459 e. The zero-order valence-electron chi connectivity index (χ0n) is 22.6. The van der Waals surface area contributed by atoms with Gasteiger partial charge in [0.05, 0.1) is 10.2 Å². The van der Waals surface area contributed by atoms with E-state index in [0.29, 0.717) is 5.92 Å². The normalized spacial score (nSPS) is 11.7. The van der Waals surface area contributed by atoms with Crippen LogP contribution in [-0.4, -0.2) is 35.5 Å². The molecule has 0 fully saturated rings. The fourth-order valence-electron chi connectivity index (χ4n) is 4.32. The number of nitrogens with zero attached hydrogens (tertiary/aromatic N) is 1. The quantitative estimate of drug-likeness (QED) is 0.207. The second-order valence-electron chi connectivity index (χ2n) is 9.29. The molecular weight excluding hydrogens is 526 g/mol. The molecule has 4 rings (SSSR count). The van der Waals surface area contributed by atoms with Crippen molar-refractivity contribution in [3.05, 3.63) is 101 Å². The Hall–Kier alpha value is -4.24. The Labute approximate surface area is 237 Å². The van der Waals surface area contributed by atoms with Gasteiger partial charge in [-0.1, -0.05) is 86.6 Å². The summed E-state index contributed by atoms with van der Waals surface area (Å²) in [5, 5.41) is 5.55. The van der Waals surface area contributed by atoms with Crippen molar-refractivity contribution in [3.8, 4) is 0 Å². The maximum atomic E-state index is 13.1. The SMILES string of the molecule is CCC(CC)c1cccc2nc(C(=O)NC[C@@H](NC(=O)OCc3ccccc3)C(=O)OCc3ccccc3)sc12. The average Bonchev–Trinajstić information content (AvgIpc) is 3.44. The van der Waals surface area contributed by atoms with E-state index in [1.165, 1.54) is 16.9 Å². The van der Waals surface area contributed by atoms with Gasteiger partial charge in [-0.15, -0.1) is 11.3 Å². The van der Waals surface area contributed by atoms with Crippen molar-refractivity contribution in [2.75, 3.05) is 6.54 Å². The Morgan fingerprint density at radius 1 is 0.825 bits per heavy atom. The third-order valence-corrected chi connectivity index (χ3v) is 7.66. The number of fused-ring (bicyclic) bond motifs is 1. The Bertz CT molecular complexity index is 1420. The van der Waals surface area contributed by atoms with Crippen LogP contribution in [-0.2, 0) is 27.5 Å². The van der Waals surface area contributed by atoms with Gasteiger partial charge in [-0.3, -0.25) is 4.79 Å². The van der Waals surface area contributed by atoms with E-state index < -0.39 is 24.0 Å². The minimum atomic E-state index is -1.16. The van der Waals surface area contributed by atoms with Crippen LogP contribution in [0.4, 0.5) is 4.79 Å². The molecule has 0 radical (unpaired) electrons. The highest BCUT2D eigenvalue weighted by Crippen LogP contribution is 2.33. The van der Waals surface area contributed by atoms with Crippen molar-refractivity contribution in [1.82, 2.24) is 15.6 Å². The summed E-state index contributed by atoms with van der Waals surface area (Å²) >= 11 is 1.33. The fraction of sp³-hybridized carbons (Fsp3) is 0.290. The van der Waals surface area contributed by atoms with E-state index in [0.717, 1.165) is 34.2 Å². The van der Waals surface area contributed by atoms with E-state index in [-0.39, 0.29) is 24.8 Å². The summed E-state index contributed by atoms with van der Waals surface area (Å²) in [6, 6.07) is 23.2. The standard InChI is InChI=1S/C31H33N3O5S/c1-3-23(4-2)24-16-11-17-25-27(24)40-29(33-25)28(35)32-18-26(30(36)38-19-21-12-7-5-8-13-21)34-31(37)39-20-22-14-9-6-10-15-22/h5-17,23,26H,3-4,18-20H2,1-2H3,(H,32,35)(H,34,37)/t26-/m1/s1. The monoisotopic (exact) mass is 559 g/mol. The van der Waals surface area contributed by atoms with Gasteiger partial charge in [-0.25, -0.2) is 14.6 Å². The Kier molecular flexibility index (Phi) is 10.2. The van der Waals surface area contributed by atoms with Gasteiger partial charge < -0.3 is 20.1 Å². The molecule has 40 heavy (non-hydrogen) atoms. The Morgan fingerprint density at radius 2 is 1.45 bits per heavy atom. The van der Waals surface area contributed by atoms with Crippen LogP contribution in [0.5, 0.6) is 0 Å². The first-order valence-electron chi connectivity index (χ1n) is 13.3. The molecule has 1 atom stereocenters. The lowest BCUT2D eigenvalue weighted by Crippen LogP contribution is -2.49. The topological polar surface area (TPSA) is 107 Å². The zero-order valence-corrected chi connectivity index (χ0v) is 23.4. The van der Waals surface area contributed by atoms with E-state index in [2.05, 4.69) is 35.5 Å². The molecule has 2 amide bonds. The molecule has 9 heteroatoms. The number of nitrogens with one attached hydrogen (secondary N) is 2. The van der Waals surface area contributed by atoms with E-state index in [4.69, 9.17) is 9.47 Å². The minimum absolute atomic E-state index is 0.0293. The predicted octanol–water partition coefficient (Wildman–Crippen LogP) is 5.97. The van der Waals surface area contributed by atoms with Crippen molar-refractivity contribution < 1.29 is 23.9 Å². The number of hydrogen-bond donors (Lipinski definition) is 2. The molecule has 2 N–H and O–H groups in total. The van der Waals surface area contributed by atoms with Crippen LogP contribution in [0.3, 0.4) is 0 Å². The molecule has 0 bridgehead atoms. The molecule has 0 unspecified atom stereocenters. The summed E-state index contributed by atoms with van der Waals surface area (Å²) < 4.78 is 11.7. The zero-order chi connectivity index (χ0) is 28.3. The summed E-state index contributed by atoms with van der Waals surface area (Å²) in [7, 11) is 0. The Balaban J connectivity index is 1.43. The number of esters is 1. The number of thiazole rings is 1. The first-order chi connectivity index (χ1) is 19.5. The van der Waals surface area contributed by atoms with Crippen molar-refractivity contribution >= 4 is 39.5 Å². The summed E-state index contributed by atoms with van der Waals surface area (Å²) in [5.41, 5.74) is 3.55. The number of benzene rings is 3. The van der Waals surface area contributed by atoms with Gasteiger partial charge in [0.2, 0.25) is 0 Å². The number of ether oxygens (including phenoxy) is 2. The summed E-state index contributed by atoms with van der Waals surface area (Å²) in [6.07, 6.45) is 1.19. The molecule has 8 nitrogen and oxygen atoms in total. The lowest BCUT2D eigenvalue weighted by atomic mass is 9.94. The lowest BCUT2D eigenvalue weighted by Gasteiger charge is -2.18. The molecule has 0 spiro atoms. The number of aromatic nitrogens is 1. The average molecular weight is 560 g/mol. The van der Waals surface area contributed by atoms with Crippen LogP contribution in [0, 0.1) is 0 Å². The van der Waals surface area contributed by atoms with Crippen LogP contribution >= 0.6 is 11.3 Å². The molecule has 1 aromatic heterocycles.